The molecule has 3 aromatic rings. The summed E-state index contributed by atoms with van der Waals surface area (Å²) in [5.41, 5.74) is 0.660. The molecule has 0 aliphatic rings. The van der Waals surface area contributed by atoms with Gasteiger partial charge in [0.15, 0.2) is 0 Å². The lowest BCUT2D eigenvalue weighted by Crippen LogP contribution is -2.35. The molecule has 0 amide bonds. The van der Waals surface area contributed by atoms with E-state index in [9.17, 15) is 17.2 Å². The zero-order valence-electron chi connectivity index (χ0n) is 14.7. The fourth-order valence-electron chi connectivity index (χ4n) is 2.44. The molecule has 0 aliphatic heterocycles. The van der Waals surface area contributed by atoms with Crippen LogP contribution < -0.4 is 4.31 Å². The van der Waals surface area contributed by atoms with Gasteiger partial charge in [-0.25, -0.2) is 8.42 Å². The van der Waals surface area contributed by atoms with Crippen LogP contribution in [0, 0.1) is 0 Å². The number of anilines is 1. The van der Waals surface area contributed by atoms with Gasteiger partial charge < -0.3 is 4.42 Å². The van der Waals surface area contributed by atoms with Crippen molar-refractivity contribution in [2.75, 3.05) is 16.6 Å². The van der Waals surface area contributed by atoms with E-state index >= 15 is 0 Å². The Labute approximate surface area is 164 Å². The Morgan fingerprint density at radius 1 is 1.29 bits per heavy atom. The second-order valence-corrected chi connectivity index (χ2v) is 8.28. The van der Waals surface area contributed by atoms with Crippen LogP contribution in [-0.4, -0.2) is 40.7 Å². The number of rotatable bonds is 8. The van der Waals surface area contributed by atoms with E-state index in [1.807, 2.05) is 0 Å². The summed E-state index contributed by atoms with van der Waals surface area (Å²) in [5.74, 6) is -1.00. The van der Waals surface area contributed by atoms with Crippen LogP contribution in [0.2, 0.25) is 5.02 Å². The fraction of sp³-hybridized carbons (Fsp3) is 0.312. The highest BCUT2D eigenvalue weighted by Crippen LogP contribution is 2.24. The van der Waals surface area contributed by atoms with Crippen LogP contribution in [0.4, 0.5) is 14.5 Å². The van der Waals surface area contributed by atoms with Crippen LogP contribution in [0.25, 0.3) is 11.6 Å². The molecule has 0 fully saturated rings. The van der Waals surface area contributed by atoms with Crippen molar-refractivity contribution in [1.82, 2.24) is 20.0 Å². The van der Waals surface area contributed by atoms with Gasteiger partial charge in [0.1, 0.15) is 5.69 Å². The van der Waals surface area contributed by atoms with Gasteiger partial charge in [-0.2, -0.15) is 13.9 Å². The Morgan fingerprint density at radius 2 is 2.07 bits per heavy atom. The summed E-state index contributed by atoms with van der Waals surface area (Å²) in [7, 11) is -3.54. The minimum atomic E-state index is -3.54. The Morgan fingerprint density at radius 3 is 2.71 bits per heavy atom. The standard InChI is InChI=1S/C16H16ClF2N5O3S/c1-2-28(25,26)24(12-5-3-4-11(17)10-12)9-8-23-7-6-13(22-23)15-20-21-16(27-15)14(18)19/h3-7,10,14H,2,8-9H2,1H3. The third-order valence-corrected chi connectivity index (χ3v) is 5.85. The van der Waals surface area contributed by atoms with E-state index in [-0.39, 0.29) is 30.4 Å². The summed E-state index contributed by atoms with van der Waals surface area (Å²) in [5, 5.41) is 11.4. The third kappa shape index (κ3) is 4.47. The van der Waals surface area contributed by atoms with Crippen LogP contribution in [0.15, 0.2) is 40.9 Å². The van der Waals surface area contributed by atoms with Crippen molar-refractivity contribution in [2.45, 2.75) is 19.9 Å². The highest BCUT2D eigenvalue weighted by molar-refractivity contribution is 7.92. The minimum Gasteiger partial charge on any atom is -0.413 e. The maximum absolute atomic E-state index is 12.6. The first-order valence-corrected chi connectivity index (χ1v) is 10.2. The first-order chi connectivity index (χ1) is 13.3. The molecule has 0 bridgehead atoms. The lowest BCUT2D eigenvalue weighted by Gasteiger charge is -2.24. The number of hydrogen-bond acceptors (Lipinski definition) is 6. The highest BCUT2D eigenvalue weighted by Gasteiger charge is 2.22. The van der Waals surface area contributed by atoms with Crippen molar-refractivity contribution in [3.8, 4) is 11.6 Å². The predicted molar refractivity (Wildman–Crippen MR) is 98.7 cm³/mol. The third-order valence-electron chi connectivity index (χ3n) is 3.82. The summed E-state index contributed by atoms with van der Waals surface area (Å²) in [4.78, 5) is 0. The smallest absolute Gasteiger partial charge is 0.314 e. The second kappa shape index (κ2) is 8.23. The average Bonchev–Trinajstić information content (AvgIpc) is 3.31. The van der Waals surface area contributed by atoms with Gasteiger partial charge >= 0.3 is 6.43 Å². The van der Waals surface area contributed by atoms with Crippen molar-refractivity contribution < 1.29 is 21.6 Å². The Balaban J connectivity index is 1.77. The molecule has 0 N–H and O–H groups in total. The molecule has 2 heterocycles. The maximum Gasteiger partial charge on any atom is 0.314 e. The number of halogens is 3. The molecule has 0 saturated carbocycles. The van der Waals surface area contributed by atoms with Gasteiger partial charge in [-0.1, -0.05) is 17.7 Å². The number of hydrogen-bond donors (Lipinski definition) is 0. The first kappa shape index (κ1) is 20.2. The van der Waals surface area contributed by atoms with Crippen LogP contribution in [0.5, 0.6) is 0 Å². The van der Waals surface area contributed by atoms with Gasteiger partial charge in [-0.05, 0) is 31.2 Å². The monoisotopic (exact) mass is 431 g/mol. The zero-order chi connectivity index (χ0) is 20.3. The number of alkyl halides is 2. The van der Waals surface area contributed by atoms with E-state index in [1.54, 1.807) is 37.4 Å². The van der Waals surface area contributed by atoms with Crippen LogP contribution in [0.3, 0.4) is 0 Å². The molecule has 0 aliphatic carbocycles. The molecule has 12 heteroatoms. The van der Waals surface area contributed by atoms with Crippen molar-refractivity contribution in [2.24, 2.45) is 0 Å². The SMILES string of the molecule is CCS(=O)(=O)N(CCn1ccc(-c2nnc(C(F)F)o2)n1)c1cccc(Cl)c1. The van der Waals surface area contributed by atoms with E-state index in [0.29, 0.717) is 10.7 Å². The zero-order valence-corrected chi connectivity index (χ0v) is 16.2. The molecule has 0 saturated heterocycles. The largest absolute Gasteiger partial charge is 0.413 e. The fourth-order valence-corrected chi connectivity index (χ4v) is 3.73. The highest BCUT2D eigenvalue weighted by atomic mass is 35.5. The van der Waals surface area contributed by atoms with Gasteiger partial charge in [0.25, 0.3) is 11.8 Å². The maximum atomic E-state index is 12.6. The number of aromatic nitrogens is 4. The molecular weight excluding hydrogens is 416 g/mol. The Kier molecular flexibility index (Phi) is 5.94. The summed E-state index contributed by atoms with van der Waals surface area (Å²) in [6.07, 6.45) is -1.30. The van der Waals surface area contributed by atoms with E-state index in [4.69, 9.17) is 16.0 Å². The van der Waals surface area contributed by atoms with Gasteiger partial charge in [0.2, 0.25) is 10.0 Å². The summed E-state index contributed by atoms with van der Waals surface area (Å²) >= 11 is 5.98. The summed E-state index contributed by atoms with van der Waals surface area (Å²) in [6.45, 7) is 1.86. The van der Waals surface area contributed by atoms with Crippen LogP contribution in [-0.2, 0) is 16.6 Å². The second-order valence-electron chi connectivity index (χ2n) is 5.66. The van der Waals surface area contributed by atoms with Crippen LogP contribution in [0.1, 0.15) is 19.2 Å². The molecule has 8 nitrogen and oxygen atoms in total. The normalized spacial score (nSPS) is 11.9. The number of benzene rings is 1. The molecule has 0 spiro atoms. The lowest BCUT2D eigenvalue weighted by molar-refractivity contribution is 0.116. The van der Waals surface area contributed by atoms with E-state index in [2.05, 4.69) is 15.3 Å². The first-order valence-electron chi connectivity index (χ1n) is 8.21. The molecule has 1 aromatic carbocycles. The number of nitrogens with zero attached hydrogens (tertiary/aromatic N) is 5. The van der Waals surface area contributed by atoms with Crippen molar-refractivity contribution in [3.63, 3.8) is 0 Å². The van der Waals surface area contributed by atoms with E-state index in [0.717, 1.165) is 0 Å². The van der Waals surface area contributed by atoms with Crippen LogP contribution >= 0.6 is 11.6 Å². The van der Waals surface area contributed by atoms with Crippen molar-refractivity contribution in [3.05, 3.63) is 47.4 Å². The van der Waals surface area contributed by atoms with E-state index in [1.165, 1.54) is 15.1 Å². The molecule has 0 atom stereocenters. The molecule has 0 radical (unpaired) electrons. The van der Waals surface area contributed by atoms with Gasteiger partial charge in [-0.3, -0.25) is 8.99 Å². The molecule has 150 valence electrons. The van der Waals surface area contributed by atoms with E-state index < -0.39 is 22.3 Å². The van der Waals surface area contributed by atoms with Gasteiger partial charge in [0, 0.05) is 11.2 Å². The molecule has 0 unspecified atom stereocenters. The molecular formula is C16H16ClF2N5O3S. The molecule has 2 aromatic heterocycles. The topological polar surface area (TPSA) is 94.1 Å². The van der Waals surface area contributed by atoms with Gasteiger partial charge in [-0.15, -0.1) is 10.2 Å². The molecule has 3 rings (SSSR count). The van der Waals surface area contributed by atoms with Gasteiger partial charge in [0.05, 0.1) is 24.5 Å². The summed E-state index contributed by atoms with van der Waals surface area (Å²) in [6, 6.07) is 8.05. The Hall–Kier alpha value is -2.53. The lowest BCUT2D eigenvalue weighted by atomic mass is 10.3. The average molecular weight is 432 g/mol. The Bertz CT molecular complexity index is 1050. The predicted octanol–water partition coefficient (Wildman–Crippen LogP) is 3.38. The minimum absolute atomic E-state index is 0.0811. The van der Waals surface area contributed by atoms with Crippen molar-refractivity contribution in [1.29, 1.82) is 0 Å². The number of sulfonamides is 1. The summed E-state index contributed by atoms with van der Waals surface area (Å²) < 4.78 is 57.6. The quantitative estimate of drug-likeness (QED) is 0.542. The van der Waals surface area contributed by atoms with Crippen molar-refractivity contribution >= 4 is 27.3 Å². The molecule has 28 heavy (non-hydrogen) atoms.